The predicted molar refractivity (Wildman–Crippen MR) is 105 cm³/mol. The first-order chi connectivity index (χ1) is 12.6. The fraction of sp³-hybridized carbons (Fsp3) is 0.714. The van der Waals surface area contributed by atoms with Crippen molar-refractivity contribution in [3.05, 3.63) is 24.3 Å². The van der Waals surface area contributed by atoms with E-state index in [2.05, 4.69) is 19.1 Å². The number of aliphatic hydroxyl groups is 1. The number of carboxylic acid groups (broad SMARTS) is 1. The van der Waals surface area contributed by atoms with E-state index in [0.29, 0.717) is 23.9 Å². The second-order valence-electron chi connectivity index (χ2n) is 7.92. The van der Waals surface area contributed by atoms with Crippen molar-refractivity contribution >= 4 is 11.9 Å². The maximum absolute atomic E-state index is 12.0. The van der Waals surface area contributed by atoms with Crippen molar-refractivity contribution in [3.8, 4) is 0 Å². The van der Waals surface area contributed by atoms with Gasteiger partial charge < -0.3 is 24.2 Å². The van der Waals surface area contributed by atoms with Crippen LogP contribution in [0.2, 0.25) is 0 Å². The number of carbonyl (C=O) groups excluding carboxylic acids is 2. The van der Waals surface area contributed by atoms with Crippen molar-refractivity contribution < 1.29 is 29.0 Å². The van der Waals surface area contributed by atoms with Crippen LogP contribution in [0.4, 0.5) is 0 Å². The third-order valence-electron chi connectivity index (χ3n) is 3.84. The molecule has 2 atom stereocenters. The summed E-state index contributed by atoms with van der Waals surface area (Å²) in [5.41, 5.74) is 0. The number of allylic oxidation sites excluding steroid dienone is 4. The molecule has 0 saturated carbocycles. The highest BCUT2D eigenvalue weighted by Gasteiger charge is 2.23. The highest BCUT2D eigenvalue weighted by molar-refractivity contribution is 5.71. The highest BCUT2D eigenvalue weighted by Crippen LogP contribution is 2.09. The number of carbonyl (C=O) groups is 2. The molecular formula is C21H37NO5. The SMILES string of the molecule is CCCC/C=C/C/C=C/CCC(O)CC(=O)OC(CC(=O)[O-])C[N+](C)(C)C. The Kier molecular flexibility index (Phi) is 13.5. The van der Waals surface area contributed by atoms with E-state index in [1.54, 1.807) is 0 Å². The fourth-order valence-corrected chi connectivity index (χ4v) is 2.59. The van der Waals surface area contributed by atoms with Crippen LogP contribution in [-0.4, -0.2) is 61.4 Å². The van der Waals surface area contributed by atoms with Gasteiger partial charge in [0.05, 0.1) is 33.7 Å². The molecule has 0 aliphatic heterocycles. The molecule has 0 bridgehead atoms. The normalized spacial score (nSPS) is 14.6. The molecule has 156 valence electrons. The number of aliphatic hydroxyl groups excluding tert-OH is 1. The number of esters is 1. The van der Waals surface area contributed by atoms with Crippen LogP contribution in [0.15, 0.2) is 24.3 Å². The van der Waals surface area contributed by atoms with Gasteiger partial charge in [-0.05, 0) is 25.7 Å². The maximum atomic E-state index is 12.0. The Morgan fingerprint density at radius 3 is 2.26 bits per heavy atom. The number of hydrogen-bond acceptors (Lipinski definition) is 5. The molecule has 0 aromatic heterocycles. The van der Waals surface area contributed by atoms with Gasteiger partial charge in [0, 0.05) is 12.4 Å². The first-order valence-corrected chi connectivity index (χ1v) is 9.82. The molecular weight excluding hydrogens is 346 g/mol. The van der Waals surface area contributed by atoms with E-state index < -0.39 is 24.1 Å². The lowest BCUT2D eigenvalue weighted by molar-refractivity contribution is -0.873. The standard InChI is InChI=1S/C21H37NO5/c1-5-6-7-8-9-10-11-12-13-14-18(23)15-21(26)27-19(16-20(24)25)17-22(2,3)4/h8-9,11-12,18-19,23H,5-7,10,13-17H2,1-4H3/b9-8+,12-11+. The number of rotatable bonds is 15. The van der Waals surface area contributed by atoms with E-state index in [-0.39, 0.29) is 12.8 Å². The Labute approximate surface area is 164 Å². The summed E-state index contributed by atoms with van der Waals surface area (Å²) < 4.78 is 5.70. The number of hydrogen-bond donors (Lipinski definition) is 1. The highest BCUT2D eigenvalue weighted by atomic mass is 16.5. The number of likely N-dealkylation sites (N-methyl/N-ethyl adjacent to an activating group) is 1. The number of nitrogens with zero attached hydrogens (tertiary/aromatic N) is 1. The van der Waals surface area contributed by atoms with E-state index in [1.807, 2.05) is 33.3 Å². The Bertz CT molecular complexity index is 479. The third kappa shape index (κ3) is 17.5. The van der Waals surface area contributed by atoms with Crippen molar-refractivity contribution in [3.63, 3.8) is 0 Å². The summed E-state index contributed by atoms with van der Waals surface area (Å²) in [4.78, 5) is 22.8. The zero-order valence-corrected chi connectivity index (χ0v) is 17.4. The van der Waals surface area contributed by atoms with E-state index in [9.17, 15) is 19.8 Å². The van der Waals surface area contributed by atoms with Gasteiger partial charge in [0.2, 0.25) is 0 Å². The zero-order chi connectivity index (χ0) is 20.7. The molecule has 6 nitrogen and oxygen atoms in total. The first-order valence-electron chi connectivity index (χ1n) is 9.82. The lowest BCUT2D eigenvalue weighted by atomic mass is 10.1. The fourth-order valence-electron chi connectivity index (χ4n) is 2.59. The lowest BCUT2D eigenvalue weighted by Gasteiger charge is -2.29. The van der Waals surface area contributed by atoms with Crippen LogP contribution in [0, 0.1) is 0 Å². The van der Waals surface area contributed by atoms with Gasteiger partial charge in [0.1, 0.15) is 6.54 Å². The van der Waals surface area contributed by atoms with E-state index in [1.165, 1.54) is 12.8 Å². The van der Waals surface area contributed by atoms with Crippen molar-refractivity contribution in [1.29, 1.82) is 0 Å². The Balaban J connectivity index is 4.13. The van der Waals surface area contributed by atoms with Gasteiger partial charge in [-0.15, -0.1) is 0 Å². The van der Waals surface area contributed by atoms with Crippen molar-refractivity contribution in [2.24, 2.45) is 0 Å². The molecule has 27 heavy (non-hydrogen) atoms. The van der Waals surface area contributed by atoms with Crippen LogP contribution >= 0.6 is 0 Å². The van der Waals surface area contributed by atoms with E-state index in [0.717, 1.165) is 12.8 Å². The minimum absolute atomic E-state index is 0.133. The molecule has 0 aromatic rings. The molecule has 0 spiro atoms. The minimum Gasteiger partial charge on any atom is -0.550 e. The van der Waals surface area contributed by atoms with Crippen LogP contribution in [0.5, 0.6) is 0 Å². The van der Waals surface area contributed by atoms with Gasteiger partial charge in [-0.25, -0.2) is 0 Å². The largest absolute Gasteiger partial charge is 0.550 e. The average Bonchev–Trinajstić information content (AvgIpc) is 2.50. The molecule has 6 heteroatoms. The smallest absolute Gasteiger partial charge is 0.308 e. The van der Waals surface area contributed by atoms with Crippen LogP contribution < -0.4 is 5.11 Å². The van der Waals surface area contributed by atoms with Gasteiger partial charge in [-0.2, -0.15) is 0 Å². The van der Waals surface area contributed by atoms with Crippen LogP contribution in [0.25, 0.3) is 0 Å². The van der Waals surface area contributed by atoms with Crippen molar-refractivity contribution in [2.75, 3.05) is 27.7 Å². The second-order valence-corrected chi connectivity index (χ2v) is 7.92. The number of unbranched alkanes of at least 4 members (excludes halogenated alkanes) is 2. The lowest BCUT2D eigenvalue weighted by Crippen LogP contribution is -2.45. The summed E-state index contributed by atoms with van der Waals surface area (Å²) >= 11 is 0. The molecule has 0 rings (SSSR count). The first kappa shape index (κ1) is 25.3. The molecule has 0 amide bonds. The van der Waals surface area contributed by atoms with Crippen LogP contribution in [0.3, 0.4) is 0 Å². The number of quaternary nitrogens is 1. The van der Waals surface area contributed by atoms with E-state index in [4.69, 9.17) is 4.74 Å². The summed E-state index contributed by atoms with van der Waals surface area (Å²) in [6, 6.07) is 0. The Morgan fingerprint density at radius 1 is 1.07 bits per heavy atom. The Morgan fingerprint density at radius 2 is 1.70 bits per heavy atom. The molecule has 1 N–H and O–H groups in total. The van der Waals surface area contributed by atoms with Gasteiger partial charge >= 0.3 is 5.97 Å². The number of aliphatic carboxylic acids is 1. The molecule has 0 radical (unpaired) electrons. The average molecular weight is 384 g/mol. The molecule has 0 heterocycles. The molecule has 0 aliphatic rings. The minimum atomic E-state index is -1.25. The summed E-state index contributed by atoms with van der Waals surface area (Å²) in [5, 5.41) is 20.8. The topological polar surface area (TPSA) is 86.7 Å². The molecule has 0 aromatic carbocycles. The van der Waals surface area contributed by atoms with E-state index >= 15 is 0 Å². The predicted octanol–water partition coefficient (Wildman–Crippen LogP) is 1.97. The van der Waals surface area contributed by atoms with Crippen LogP contribution in [-0.2, 0) is 14.3 Å². The molecule has 0 fully saturated rings. The third-order valence-corrected chi connectivity index (χ3v) is 3.84. The zero-order valence-electron chi connectivity index (χ0n) is 17.4. The quantitative estimate of drug-likeness (QED) is 0.202. The monoisotopic (exact) mass is 383 g/mol. The van der Waals surface area contributed by atoms with Gasteiger partial charge in [0.25, 0.3) is 0 Å². The maximum Gasteiger partial charge on any atom is 0.308 e. The van der Waals surface area contributed by atoms with Gasteiger partial charge in [-0.1, -0.05) is 44.1 Å². The van der Waals surface area contributed by atoms with Gasteiger partial charge in [-0.3, -0.25) is 4.79 Å². The Hall–Kier alpha value is -1.66. The second kappa shape index (κ2) is 14.4. The summed E-state index contributed by atoms with van der Waals surface area (Å²) in [6.07, 6.45) is 11.9. The van der Waals surface area contributed by atoms with Crippen molar-refractivity contribution in [1.82, 2.24) is 0 Å². The number of ether oxygens (including phenoxy) is 1. The van der Waals surface area contributed by atoms with Crippen LogP contribution in [0.1, 0.15) is 58.3 Å². The van der Waals surface area contributed by atoms with Crippen molar-refractivity contribution in [2.45, 2.75) is 70.5 Å². The molecule has 0 aliphatic carbocycles. The van der Waals surface area contributed by atoms with Gasteiger partial charge in [0.15, 0.2) is 6.10 Å². The summed E-state index contributed by atoms with van der Waals surface area (Å²) in [7, 11) is 5.66. The molecule has 2 unspecified atom stereocenters. The summed E-state index contributed by atoms with van der Waals surface area (Å²) in [6.45, 7) is 2.53. The summed E-state index contributed by atoms with van der Waals surface area (Å²) in [5.74, 6) is -1.83. The molecule has 0 saturated heterocycles. The number of carboxylic acids is 1.